The number of hydrogen-bond donors (Lipinski definition) is 1. The number of aromatic nitrogens is 2. The summed E-state index contributed by atoms with van der Waals surface area (Å²) in [5.41, 5.74) is 3.25. The Morgan fingerprint density at radius 3 is 2.45 bits per heavy atom. The Labute approximate surface area is 185 Å². The molecular weight excluding hydrogens is 418 g/mol. The zero-order valence-electron chi connectivity index (χ0n) is 17.7. The van der Waals surface area contributed by atoms with Gasteiger partial charge in [0.25, 0.3) is 5.56 Å². The zero-order valence-corrected chi connectivity index (χ0v) is 18.5. The zero-order chi connectivity index (χ0) is 22.0. The maximum atomic E-state index is 12.7. The molecular formula is C23H24ClN3O4. The van der Waals surface area contributed by atoms with Gasteiger partial charge in [-0.25, -0.2) is 4.98 Å². The molecule has 0 atom stereocenters. The lowest BCUT2D eigenvalue weighted by Gasteiger charge is -2.28. The van der Waals surface area contributed by atoms with Crippen molar-refractivity contribution < 1.29 is 14.2 Å². The SMILES string of the molecule is COc1ccc(CN2CCc3c(nc(-c4ccc(Cl)cc4)[nH]c3=O)C2)c(OC)c1OC. The number of methoxy groups -OCH3 is 3. The second kappa shape index (κ2) is 8.99. The molecule has 0 fully saturated rings. The average molecular weight is 442 g/mol. The van der Waals surface area contributed by atoms with Crippen LogP contribution in [0.1, 0.15) is 16.8 Å². The van der Waals surface area contributed by atoms with Crippen molar-refractivity contribution in [2.75, 3.05) is 27.9 Å². The predicted molar refractivity (Wildman–Crippen MR) is 119 cm³/mol. The first-order chi connectivity index (χ1) is 15.0. The Balaban J connectivity index is 1.62. The van der Waals surface area contributed by atoms with Gasteiger partial charge in [0, 0.05) is 41.3 Å². The molecule has 0 aliphatic carbocycles. The summed E-state index contributed by atoms with van der Waals surface area (Å²) in [5.74, 6) is 2.38. The van der Waals surface area contributed by atoms with Crippen molar-refractivity contribution in [2.45, 2.75) is 19.5 Å². The molecule has 8 heteroatoms. The van der Waals surface area contributed by atoms with E-state index in [1.165, 1.54) is 0 Å². The third-order valence-corrected chi connectivity index (χ3v) is 5.70. The van der Waals surface area contributed by atoms with Crippen LogP contribution in [0.5, 0.6) is 17.2 Å². The highest BCUT2D eigenvalue weighted by atomic mass is 35.5. The van der Waals surface area contributed by atoms with Gasteiger partial charge in [-0.15, -0.1) is 0 Å². The van der Waals surface area contributed by atoms with Crippen LogP contribution >= 0.6 is 11.6 Å². The highest BCUT2D eigenvalue weighted by molar-refractivity contribution is 6.30. The van der Waals surface area contributed by atoms with Gasteiger partial charge >= 0.3 is 0 Å². The van der Waals surface area contributed by atoms with E-state index in [9.17, 15) is 4.79 Å². The number of nitrogens with one attached hydrogen (secondary N) is 1. The molecule has 1 aliphatic heterocycles. The van der Waals surface area contributed by atoms with Crippen molar-refractivity contribution in [1.29, 1.82) is 0 Å². The van der Waals surface area contributed by atoms with Crippen LogP contribution in [-0.2, 0) is 19.5 Å². The van der Waals surface area contributed by atoms with Crippen molar-refractivity contribution >= 4 is 11.6 Å². The normalized spacial score (nSPS) is 13.5. The van der Waals surface area contributed by atoms with Crippen LogP contribution in [-0.4, -0.2) is 42.7 Å². The quantitative estimate of drug-likeness (QED) is 0.629. The van der Waals surface area contributed by atoms with Crippen LogP contribution < -0.4 is 19.8 Å². The Hall–Kier alpha value is -3.03. The van der Waals surface area contributed by atoms with Crippen LogP contribution in [0.3, 0.4) is 0 Å². The maximum Gasteiger partial charge on any atom is 0.254 e. The number of H-pyrrole nitrogens is 1. The molecule has 7 nitrogen and oxygen atoms in total. The van der Waals surface area contributed by atoms with Gasteiger partial charge in [-0.2, -0.15) is 0 Å². The molecule has 0 spiro atoms. The molecule has 4 rings (SSSR count). The lowest BCUT2D eigenvalue weighted by Crippen LogP contribution is -2.35. The first-order valence-electron chi connectivity index (χ1n) is 9.92. The summed E-state index contributed by atoms with van der Waals surface area (Å²) in [6.45, 7) is 1.95. The predicted octanol–water partition coefficient (Wildman–Crippen LogP) is 3.67. The summed E-state index contributed by atoms with van der Waals surface area (Å²) in [4.78, 5) is 22.6. The molecule has 0 unspecified atom stereocenters. The van der Waals surface area contributed by atoms with Crippen molar-refractivity contribution in [3.8, 4) is 28.6 Å². The Morgan fingerprint density at radius 2 is 1.77 bits per heavy atom. The Bertz CT molecular complexity index is 1140. The largest absolute Gasteiger partial charge is 0.493 e. The topological polar surface area (TPSA) is 76.7 Å². The summed E-state index contributed by atoms with van der Waals surface area (Å²) in [7, 11) is 4.81. The van der Waals surface area contributed by atoms with Gasteiger partial charge < -0.3 is 19.2 Å². The van der Waals surface area contributed by atoms with Gasteiger partial charge in [-0.05, 0) is 36.8 Å². The summed E-state index contributed by atoms with van der Waals surface area (Å²) >= 11 is 5.98. The summed E-state index contributed by atoms with van der Waals surface area (Å²) in [6.07, 6.45) is 0.633. The number of hydrogen-bond acceptors (Lipinski definition) is 6. The van der Waals surface area contributed by atoms with Gasteiger partial charge in [0.2, 0.25) is 5.75 Å². The molecule has 1 N–H and O–H groups in total. The van der Waals surface area contributed by atoms with E-state index in [-0.39, 0.29) is 5.56 Å². The van der Waals surface area contributed by atoms with Crippen LogP contribution in [0.15, 0.2) is 41.2 Å². The van der Waals surface area contributed by atoms with Crippen molar-refractivity contribution in [3.05, 3.63) is 68.6 Å². The fourth-order valence-electron chi connectivity index (χ4n) is 3.90. The van der Waals surface area contributed by atoms with E-state index >= 15 is 0 Å². The molecule has 0 amide bonds. The van der Waals surface area contributed by atoms with Gasteiger partial charge in [-0.1, -0.05) is 17.7 Å². The molecule has 0 saturated carbocycles. The van der Waals surface area contributed by atoms with E-state index in [1.807, 2.05) is 24.3 Å². The molecule has 0 bridgehead atoms. The number of fused-ring (bicyclic) bond motifs is 1. The standard InChI is InChI=1S/C23H24ClN3O4/c1-29-19-9-6-15(20(30-2)21(19)31-3)12-27-11-10-17-18(13-27)25-22(26-23(17)28)14-4-7-16(24)8-5-14/h4-9H,10-13H2,1-3H3,(H,25,26,28). The first-order valence-corrected chi connectivity index (χ1v) is 10.3. The number of rotatable bonds is 6. The second-order valence-corrected chi connectivity index (χ2v) is 7.74. The molecule has 1 aromatic heterocycles. The number of aromatic amines is 1. The highest BCUT2D eigenvalue weighted by Crippen LogP contribution is 2.40. The molecule has 1 aliphatic rings. The third-order valence-electron chi connectivity index (χ3n) is 5.45. The summed E-state index contributed by atoms with van der Waals surface area (Å²) in [6, 6.07) is 11.1. The molecule has 0 saturated heterocycles. The minimum Gasteiger partial charge on any atom is -0.493 e. The van der Waals surface area contributed by atoms with E-state index in [4.69, 9.17) is 30.8 Å². The van der Waals surface area contributed by atoms with E-state index in [0.717, 1.165) is 28.9 Å². The molecule has 31 heavy (non-hydrogen) atoms. The number of nitrogens with zero attached hydrogens (tertiary/aromatic N) is 2. The fraction of sp³-hybridized carbons (Fsp3) is 0.304. The minimum atomic E-state index is -0.0849. The third kappa shape index (κ3) is 4.24. The molecule has 0 radical (unpaired) electrons. The summed E-state index contributed by atoms with van der Waals surface area (Å²) < 4.78 is 16.5. The number of halogens is 1. The van der Waals surface area contributed by atoms with Gasteiger partial charge in [-0.3, -0.25) is 9.69 Å². The summed E-state index contributed by atoms with van der Waals surface area (Å²) in [5, 5.41) is 0.638. The van der Waals surface area contributed by atoms with E-state index in [0.29, 0.717) is 47.6 Å². The molecule has 2 heterocycles. The Kier molecular flexibility index (Phi) is 6.15. The second-order valence-electron chi connectivity index (χ2n) is 7.30. The van der Waals surface area contributed by atoms with Gasteiger partial charge in [0.05, 0.1) is 27.0 Å². The van der Waals surface area contributed by atoms with Crippen LogP contribution in [0, 0.1) is 0 Å². The van der Waals surface area contributed by atoms with E-state index in [2.05, 4.69) is 9.88 Å². The van der Waals surface area contributed by atoms with Crippen molar-refractivity contribution in [1.82, 2.24) is 14.9 Å². The lowest BCUT2D eigenvalue weighted by atomic mass is 10.0. The maximum absolute atomic E-state index is 12.7. The molecule has 162 valence electrons. The van der Waals surface area contributed by atoms with Crippen molar-refractivity contribution in [2.24, 2.45) is 0 Å². The molecule has 3 aromatic rings. The van der Waals surface area contributed by atoms with E-state index in [1.54, 1.807) is 33.5 Å². The molecule has 2 aromatic carbocycles. The highest BCUT2D eigenvalue weighted by Gasteiger charge is 2.24. The monoisotopic (exact) mass is 441 g/mol. The van der Waals surface area contributed by atoms with E-state index < -0.39 is 0 Å². The Morgan fingerprint density at radius 1 is 1.03 bits per heavy atom. The number of ether oxygens (including phenoxy) is 3. The smallest absolute Gasteiger partial charge is 0.254 e. The van der Waals surface area contributed by atoms with Crippen molar-refractivity contribution in [3.63, 3.8) is 0 Å². The fourth-order valence-corrected chi connectivity index (χ4v) is 4.03. The number of benzene rings is 2. The van der Waals surface area contributed by atoms with Crippen LogP contribution in [0.2, 0.25) is 5.02 Å². The first kappa shape index (κ1) is 21.2. The minimum absolute atomic E-state index is 0.0849. The lowest BCUT2D eigenvalue weighted by molar-refractivity contribution is 0.235. The van der Waals surface area contributed by atoms with Gasteiger partial charge in [0.15, 0.2) is 11.5 Å². The van der Waals surface area contributed by atoms with Crippen LogP contribution in [0.25, 0.3) is 11.4 Å². The van der Waals surface area contributed by atoms with Crippen LogP contribution in [0.4, 0.5) is 0 Å². The van der Waals surface area contributed by atoms with Gasteiger partial charge in [0.1, 0.15) is 5.82 Å². The average Bonchev–Trinajstić information content (AvgIpc) is 2.78.